The number of amides is 2. The number of carbonyl (C=O) groups excluding carboxylic acids is 1. The van der Waals surface area contributed by atoms with Gasteiger partial charge in [0.15, 0.2) is 0 Å². The molecule has 0 aromatic carbocycles. The summed E-state index contributed by atoms with van der Waals surface area (Å²) < 4.78 is 0. The van der Waals surface area contributed by atoms with E-state index in [9.17, 15) is 14.4 Å². The van der Waals surface area contributed by atoms with Crippen molar-refractivity contribution >= 4 is 18.0 Å². The Kier molecular flexibility index (Phi) is 6.11. The molecule has 1 rings (SSSR count). The zero-order valence-corrected chi connectivity index (χ0v) is 10.7. The van der Waals surface area contributed by atoms with Gasteiger partial charge >= 0.3 is 18.0 Å². The molecule has 7 heteroatoms. The summed E-state index contributed by atoms with van der Waals surface area (Å²) in [7, 11) is 0. The van der Waals surface area contributed by atoms with Gasteiger partial charge < -0.3 is 20.8 Å². The Morgan fingerprint density at radius 2 is 1.74 bits per heavy atom. The topological polar surface area (TPSA) is 116 Å². The second kappa shape index (κ2) is 7.60. The number of carboxylic acids is 2. The van der Waals surface area contributed by atoms with Crippen LogP contribution in [-0.2, 0) is 9.59 Å². The third-order valence-electron chi connectivity index (χ3n) is 3.26. The lowest BCUT2D eigenvalue weighted by Crippen LogP contribution is -2.48. The van der Waals surface area contributed by atoms with Crippen LogP contribution in [0.1, 0.15) is 38.5 Å². The maximum Gasteiger partial charge on any atom is 0.326 e. The Hall–Kier alpha value is -1.79. The number of aliphatic carboxylic acids is 2. The van der Waals surface area contributed by atoms with Gasteiger partial charge in [-0.25, -0.2) is 9.59 Å². The molecule has 1 aliphatic carbocycles. The van der Waals surface area contributed by atoms with Gasteiger partial charge in [-0.2, -0.15) is 0 Å². The standard InChI is InChI=1S/C12H20N2O5/c15-10(16)6-9(11(17)18)14-12(19)13-7-8-4-2-1-3-5-8/h8-9H,1-7H2,(H,15,16)(H,17,18)(H2,13,14,19)/t9-/m1/s1. The predicted molar refractivity (Wildman–Crippen MR) is 66.8 cm³/mol. The summed E-state index contributed by atoms with van der Waals surface area (Å²) in [6.07, 6.45) is 5.04. The molecule has 4 N–H and O–H groups in total. The third-order valence-corrected chi connectivity index (χ3v) is 3.26. The molecule has 0 radical (unpaired) electrons. The smallest absolute Gasteiger partial charge is 0.326 e. The molecule has 19 heavy (non-hydrogen) atoms. The van der Waals surface area contributed by atoms with Crippen molar-refractivity contribution < 1.29 is 24.6 Å². The number of hydrogen-bond donors (Lipinski definition) is 4. The van der Waals surface area contributed by atoms with Crippen molar-refractivity contribution in [1.82, 2.24) is 10.6 Å². The first kappa shape index (κ1) is 15.3. The van der Waals surface area contributed by atoms with E-state index in [-0.39, 0.29) is 0 Å². The molecule has 0 aromatic rings. The average Bonchev–Trinajstić information content (AvgIpc) is 2.36. The Morgan fingerprint density at radius 3 is 2.26 bits per heavy atom. The second-order valence-corrected chi connectivity index (χ2v) is 4.85. The molecule has 7 nitrogen and oxygen atoms in total. The van der Waals surface area contributed by atoms with Crippen molar-refractivity contribution in [1.29, 1.82) is 0 Å². The molecule has 0 saturated heterocycles. The highest BCUT2D eigenvalue weighted by Gasteiger charge is 2.23. The summed E-state index contributed by atoms with van der Waals surface area (Å²) in [5.74, 6) is -2.18. The Morgan fingerprint density at radius 1 is 1.11 bits per heavy atom. The van der Waals surface area contributed by atoms with E-state index in [1.54, 1.807) is 0 Å². The number of hydrogen-bond acceptors (Lipinski definition) is 3. The molecule has 1 aliphatic rings. The van der Waals surface area contributed by atoms with Gasteiger partial charge in [0, 0.05) is 6.54 Å². The lowest BCUT2D eigenvalue weighted by atomic mass is 9.89. The van der Waals surface area contributed by atoms with E-state index in [1.165, 1.54) is 6.42 Å². The van der Waals surface area contributed by atoms with E-state index in [0.717, 1.165) is 25.7 Å². The minimum atomic E-state index is -1.40. The van der Waals surface area contributed by atoms with Crippen LogP contribution in [0.4, 0.5) is 4.79 Å². The third kappa shape index (κ3) is 6.08. The van der Waals surface area contributed by atoms with Gasteiger partial charge in [0.1, 0.15) is 6.04 Å². The van der Waals surface area contributed by atoms with Crippen LogP contribution >= 0.6 is 0 Å². The fourth-order valence-corrected chi connectivity index (χ4v) is 2.21. The number of nitrogens with one attached hydrogen (secondary N) is 2. The minimum absolute atomic E-state index is 0.433. The van der Waals surface area contributed by atoms with Crippen molar-refractivity contribution in [2.45, 2.75) is 44.6 Å². The van der Waals surface area contributed by atoms with Crippen molar-refractivity contribution in [3.63, 3.8) is 0 Å². The average molecular weight is 272 g/mol. The van der Waals surface area contributed by atoms with Crippen LogP contribution in [0.3, 0.4) is 0 Å². The van der Waals surface area contributed by atoms with Crippen LogP contribution in [0.2, 0.25) is 0 Å². The van der Waals surface area contributed by atoms with Crippen molar-refractivity contribution in [2.75, 3.05) is 6.54 Å². The summed E-state index contributed by atoms with van der Waals surface area (Å²) in [5.41, 5.74) is 0. The largest absolute Gasteiger partial charge is 0.481 e. The van der Waals surface area contributed by atoms with Gasteiger partial charge in [0.2, 0.25) is 0 Å². The number of rotatable bonds is 6. The monoisotopic (exact) mass is 272 g/mol. The van der Waals surface area contributed by atoms with Gasteiger partial charge in [-0.3, -0.25) is 4.79 Å². The molecule has 2 amide bonds. The van der Waals surface area contributed by atoms with Crippen LogP contribution in [-0.4, -0.2) is 40.8 Å². The normalized spacial score (nSPS) is 17.5. The quantitative estimate of drug-likeness (QED) is 0.570. The number of carbonyl (C=O) groups is 3. The Bertz CT molecular complexity index is 339. The molecule has 0 spiro atoms. The van der Waals surface area contributed by atoms with Crippen LogP contribution in [0.25, 0.3) is 0 Å². The molecule has 1 saturated carbocycles. The number of carboxylic acid groups (broad SMARTS) is 2. The molecular formula is C12H20N2O5. The highest BCUT2D eigenvalue weighted by molar-refractivity contribution is 5.86. The first-order valence-electron chi connectivity index (χ1n) is 6.48. The Labute approximate surface area is 111 Å². The lowest BCUT2D eigenvalue weighted by molar-refractivity contribution is -0.145. The fraction of sp³-hybridized carbons (Fsp3) is 0.750. The van der Waals surface area contributed by atoms with E-state index in [4.69, 9.17) is 10.2 Å². The van der Waals surface area contributed by atoms with Crippen molar-refractivity contribution in [2.24, 2.45) is 5.92 Å². The molecular weight excluding hydrogens is 252 g/mol. The SMILES string of the molecule is O=C(O)C[C@@H](NC(=O)NCC1CCCCC1)C(=O)O. The predicted octanol–water partition coefficient (Wildman–Crippen LogP) is 0.794. The highest BCUT2D eigenvalue weighted by atomic mass is 16.4. The van der Waals surface area contributed by atoms with E-state index < -0.39 is 30.4 Å². The van der Waals surface area contributed by atoms with Gasteiger partial charge in [0.25, 0.3) is 0 Å². The van der Waals surface area contributed by atoms with Crippen LogP contribution in [0.15, 0.2) is 0 Å². The van der Waals surface area contributed by atoms with Crippen molar-refractivity contribution in [3.05, 3.63) is 0 Å². The second-order valence-electron chi connectivity index (χ2n) is 4.85. The van der Waals surface area contributed by atoms with Crippen LogP contribution in [0.5, 0.6) is 0 Å². The van der Waals surface area contributed by atoms with Crippen LogP contribution < -0.4 is 10.6 Å². The van der Waals surface area contributed by atoms with Gasteiger partial charge in [0.05, 0.1) is 6.42 Å². The zero-order chi connectivity index (χ0) is 14.3. The maximum absolute atomic E-state index is 11.5. The van der Waals surface area contributed by atoms with Gasteiger partial charge in [-0.15, -0.1) is 0 Å². The summed E-state index contributed by atoms with van der Waals surface area (Å²) in [6, 6.07) is -2.02. The fourth-order valence-electron chi connectivity index (χ4n) is 2.21. The molecule has 0 aliphatic heterocycles. The molecule has 0 heterocycles. The molecule has 1 atom stereocenters. The molecule has 0 aromatic heterocycles. The van der Waals surface area contributed by atoms with Crippen molar-refractivity contribution in [3.8, 4) is 0 Å². The Balaban J connectivity index is 2.31. The summed E-state index contributed by atoms with van der Waals surface area (Å²) in [5, 5.41) is 22.1. The van der Waals surface area contributed by atoms with E-state index >= 15 is 0 Å². The maximum atomic E-state index is 11.5. The first-order chi connectivity index (χ1) is 8.99. The summed E-state index contributed by atoms with van der Waals surface area (Å²) in [6.45, 7) is 0.505. The van der Waals surface area contributed by atoms with Gasteiger partial charge in [-0.1, -0.05) is 19.3 Å². The van der Waals surface area contributed by atoms with E-state index in [2.05, 4.69) is 10.6 Å². The van der Waals surface area contributed by atoms with Crippen LogP contribution in [0, 0.1) is 5.92 Å². The number of urea groups is 1. The highest BCUT2D eigenvalue weighted by Crippen LogP contribution is 2.22. The molecule has 0 bridgehead atoms. The first-order valence-corrected chi connectivity index (χ1v) is 6.48. The van der Waals surface area contributed by atoms with E-state index in [1.807, 2.05) is 0 Å². The zero-order valence-electron chi connectivity index (χ0n) is 10.7. The molecule has 0 unspecified atom stereocenters. The molecule has 1 fully saturated rings. The van der Waals surface area contributed by atoms with E-state index in [0.29, 0.717) is 12.5 Å². The van der Waals surface area contributed by atoms with Gasteiger partial charge in [-0.05, 0) is 18.8 Å². The molecule has 108 valence electrons. The minimum Gasteiger partial charge on any atom is -0.481 e. The lowest BCUT2D eigenvalue weighted by Gasteiger charge is -2.22. The summed E-state index contributed by atoms with van der Waals surface area (Å²) in [4.78, 5) is 32.7. The summed E-state index contributed by atoms with van der Waals surface area (Å²) >= 11 is 0.